The second kappa shape index (κ2) is 5.95. The molecule has 1 aliphatic carbocycles. The predicted molar refractivity (Wildman–Crippen MR) is 78.3 cm³/mol. The molecule has 0 spiro atoms. The van der Waals surface area contributed by atoms with Crippen molar-refractivity contribution in [2.75, 3.05) is 0 Å². The molecule has 1 saturated carbocycles. The largest absolute Gasteiger partial charge is 0.352 e. The minimum absolute atomic E-state index is 0.0410. The topological polar surface area (TPSA) is 49.4 Å². The Balaban J connectivity index is 1.64. The van der Waals surface area contributed by atoms with E-state index in [1.807, 2.05) is 17.5 Å². The van der Waals surface area contributed by atoms with Gasteiger partial charge in [0.05, 0.1) is 6.54 Å². The molecule has 20 heavy (non-hydrogen) atoms. The molecule has 2 amide bonds. The van der Waals surface area contributed by atoms with Crippen LogP contribution in [0.25, 0.3) is 0 Å². The maximum absolute atomic E-state index is 12.4. The maximum atomic E-state index is 12.4. The molecule has 1 aliphatic heterocycles. The van der Waals surface area contributed by atoms with Gasteiger partial charge in [-0.2, -0.15) is 0 Å². The van der Waals surface area contributed by atoms with E-state index < -0.39 is 0 Å². The van der Waals surface area contributed by atoms with Gasteiger partial charge in [0.2, 0.25) is 11.8 Å². The highest BCUT2D eigenvalue weighted by atomic mass is 32.1. The molecule has 2 heterocycles. The van der Waals surface area contributed by atoms with Gasteiger partial charge in [0.25, 0.3) is 0 Å². The average Bonchev–Trinajstić information content (AvgIpc) is 3.14. The van der Waals surface area contributed by atoms with Crippen LogP contribution in [0, 0.1) is 0 Å². The van der Waals surface area contributed by atoms with Gasteiger partial charge in [-0.1, -0.05) is 18.9 Å². The van der Waals surface area contributed by atoms with E-state index in [0.29, 0.717) is 25.4 Å². The lowest BCUT2D eigenvalue weighted by molar-refractivity contribution is -0.136. The highest BCUT2D eigenvalue weighted by Gasteiger charge is 2.36. The SMILES string of the molecule is O=C(NC1CCCC1)C1CCC(=O)N1Cc1cccs1. The van der Waals surface area contributed by atoms with Gasteiger partial charge >= 0.3 is 0 Å². The zero-order valence-electron chi connectivity index (χ0n) is 11.5. The van der Waals surface area contributed by atoms with Crippen molar-refractivity contribution in [2.45, 2.75) is 57.2 Å². The predicted octanol–water partition coefficient (Wildman–Crippen LogP) is 2.30. The Bertz CT molecular complexity index is 480. The fraction of sp³-hybridized carbons (Fsp3) is 0.600. The first-order valence-corrected chi connectivity index (χ1v) is 8.24. The second-order valence-corrected chi connectivity index (χ2v) is 6.68. The Morgan fingerprint density at radius 1 is 1.35 bits per heavy atom. The normalized spacial score (nSPS) is 23.5. The van der Waals surface area contributed by atoms with Crippen LogP contribution < -0.4 is 5.32 Å². The molecular formula is C15H20N2O2S. The smallest absolute Gasteiger partial charge is 0.243 e. The van der Waals surface area contributed by atoms with E-state index in [0.717, 1.165) is 17.7 Å². The number of nitrogens with one attached hydrogen (secondary N) is 1. The summed E-state index contributed by atoms with van der Waals surface area (Å²) >= 11 is 1.63. The molecule has 3 rings (SSSR count). The van der Waals surface area contributed by atoms with Gasteiger partial charge < -0.3 is 10.2 Å². The molecule has 2 aliphatic rings. The number of amides is 2. The van der Waals surface area contributed by atoms with E-state index in [9.17, 15) is 9.59 Å². The number of carbonyl (C=O) groups is 2. The Morgan fingerprint density at radius 3 is 2.85 bits per heavy atom. The first-order valence-electron chi connectivity index (χ1n) is 7.36. The van der Waals surface area contributed by atoms with Gasteiger partial charge in [0.1, 0.15) is 6.04 Å². The third-order valence-electron chi connectivity index (χ3n) is 4.24. The van der Waals surface area contributed by atoms with Crippen LogP contribution in [-0.4, -0.2) is 28.8 Å². The Morgan fingerprint density at radius 2 is 2.15 bits per heavy atom. The lowest BCUT2D eigenvalue weighted by Crippen LogP contribution is -2.47. The molecule has 2 fully saturated rings. The summed E-state index contributed by atoms with van der Waals surface area (Å²) in [5.74, 6) is 0.143. The summed E-state index contributed by atoms with van der Waals surface area (Å²) in [6.07, 6.45) is 5.71. The summed E-state index contributed by atoms with van der Waals surface area (Å²) < 4.78 is 0. The summed E-state index contributed by atoms with van der Waals surface area (Å²) in [6.45, 7) is 0.569. The van der Waals surface area contributed by atoms with Crippen LogP contribution in [0.1, 0.15) is 43.4 Å². The molecule has 0 bridgehead atoms. The molecule has 1 aromatic rings. The average molecular weight is 292 g/mol. The van der Waals surface area contributed by atoms with Crippen molar-refractivity contribution < 1.29 is 9.59 Å². The molecule has 0 aromatic carbocycles. The zero-order chi connectivity index (χ0) is 13.9. The number of hydrogen-bond acceptors (Lipinski definition) is 3. The van der Waals surface area contributed by atoms with E-state index in [2.05, 4.69) is 5.32 Å². The fourth-order valence-electron chi connectivity index (χ4n) is 3.14. The van der Waals surface area contributed by atoms with Crippen molar-refractivity contribution >= 4 is 23.2 Å². The molecule has 1 saturated heterocycles. The number of likely N-dealkylation sites (tertiary alicyclic amines) is 1. The van der Waals surface area contributed by atoms with E-state index in [1.165, 1.54) is 12.8 Å². The quantitative estimate of drug-likeness (QED) is 0.925. The summed E-state index contributed by atoms with van der Waals surface area (Å²) in [4.78, 5) is 27.3. The van der Waals surface area contributed by atoms with E-state index >= 15 is 0 Å². The molecule has 1 aromatic heterocycles. The lowest BCUT2D eigenvalue weighted by atomic mass is 10.1. The second-order valence-electron chi connectivity index (χ2n) is 5.65. The fourth-order valence-corrected chi connectivity index (χ4v) is 3.85. The van der Waals surface area contributed by atoms with Gasteiger partial charge in [-0.3, -0.25) is 9.59 Å². The van der Waals surface area contributed by atoms with Gasteiger partial charge in [-0.15, -0.1) is 11.3 Å². The Hall–Kier alpha value is -1.36. The zero-order valence-corrected chi connectivity index (χ0v) is 12.3. The molecule has 5 heteroatoms. The Kier molecular flexibility index (Phi) is 4.05. The monoisotopic (exact) mass is 292 g/mol. The number of thiophene rings is 1. The van der Waals surface area contributed by atoms with Crippen LogP contribution in [0.2, 0.25) is 0 Å². The van der Waals surface area contributed by atoms with Gasteiger partial charge in [0, 0.05) is 17.3 Å². The minimum atomic E-state index is -0.273. The van der Waals surface area contributed by atoms with Crippen molar-refractivity contribution in [1.82, 2.24) is 10.2 Å². The van der Waals surface area contributed by atoms with E-state index in [-0.39, 0.29) is 17.9 Å². The summed E-state index contributed by atoms with van der Waals surface area (Å²) in [7, 11) is 0. The number of carbonyl (C=O) groups excluding carboxylic acids is 2. The third-order valence-corrected chi connectivity index (χ3v) is 5.10. The van der Waals surface area contributed by atoms with Crippen LogP contribution in [0.4, 0.5) is 0 Å². The van der Waals surface area contributed by atoms with Crippen LogP contribution in [0.5, 0.6) is 0 Å². The first-order chi connectivity index (χ1) is 9.74. The molecule has 4 nitrogen and oxygen atoms in total. The van der Waals surface area contributed by atoms with E-state index in [1.54, 1.807) is 16.2 Å². The van der Waals surface area contributed by atoms with Crippen molar-refractivity contribution in [2.24, 2.45) is 0 Å². The molecule has 108 valence electrons. The molecule has 1 N–H and O–H groups in total. The minimum Gasteiger partial charge on any atom is -0.352 e. The Labute approximate surface area is 123 Å². The summed E-state index contributed by atoms with van der Waals surface area (Å²) in [5.41, 5.74) is 0. The van der Waals surface area contributed by atoms with E-state index in [4.69, 9.17) is 0 Å². The lowest BCUT2D eigenvalue weighted by Gasteiger charge is -2.25. The van der Waals surface area contributed by atoms with Crippen LogP contribution >= 0.6 is 11.3 Å². The van der Waals surface area contributed by atoms with Crippen molar-refractivity contribution in [3.63, 3.8) is 0 Å². The van der Waals surface area contributed by atoms with Gasteiger partial charge in [0.15, 0.2) is 0 Å². The van der Waals surface area contributed by atoms with Gasteiger partial charge in [-0.25, -0.2) is 0 Å². The molecule has 1 unspecified atom stereocenters. The number of hydrogen-bond donors (Lipinski definition) is 1. The standard InChI is InChI=1S/C15H20N2O2S/c18-14-8-7-13(15(19)16-11-4-1-2-5-11)17(14)10-12-6-3-9-20-12/h3,6,9,11,13H,1-2,4-5,7-8,10H2,(H,16,19). The van der Waals surface area contributed by atoms with Crippen molar-refractivity contribution in [3.8, 4) is 0 Å². The molecular weight excluding hydrogens is 272 g/mol. The highest BCUT2D eigenvalue weighted by molar-refractivity contribution is 7.09. The van der Waals surface area contributed by atoms with Crippen molar-refractivity contribution in [3.05, 3.63) is 22.4 Å². The number of rotatable bonds is 4. The van der Waals surface area contributed by atoms with Gasteiger partial charge in [-0.05, 0) is 30.7 Å². The van der Waals surface area contributed by atoms with Crippen LogP contribution in [0.3, 0.4) is 0 Å². The highest BCUT2D eigenvalue weighted by Crippen LogP contribution is 2.24. The first kappa shape index (κ1) is 13.6. The summed E-state index contributed by atoms with van der Waals surface area (Å²) in [5, 5.41) is 5.12. The van der Waals surface area contributed by atoms with Crippen LogP contribution in [0.15, 0.2) is 17.5 Å². The summed E-state index contributed by atoms with van der Waals surface area (Å²) in [6, 6.07) is 4.04. The van der Waals surface area contributed by atoms with Crippen LogP contribution in [-0.2, 0) is 16.1 Å². The molecule has 0 radical (unpaired) electrons. The molecule has 1 atom stereocenters. The third kappa shape index (κ3) is 2.87. The number of nitrogens with zero attached hydrogens (tertiary/aromatic N) is 1. The van der Waals surface area contributed by atoms with Crippen molar-refractivity contribution in [1.29, 1.82) is 0 Å². The maximum Gasteiger partial charge on any atom is 0.243 e.